The fourth-order valence-electron chi connectivity index (χ4n) is 3.29. The summed E-state index contributed by atoms with van der Waals surface area (Å²) in [4.78, 5) is 1.24. The second-order valence-corrected chi connectivity index (χ2v) is 7.41. The van der Waals surface area contributed by atoms with Gasteiger partial charge < -0.3 is 4.74 Å². The van der Waals surface area contributed by atoms with E-state index < -0.39 is 0 Å². The Bertz CT molecular complexity index is 855. The molecule has 0 aromatic heterocycles. The summed E-state index contributed by atoms with van der Waals surface area (Å²) in [5.41, 5.74) is 3.87. The van der Waals surface area contributed by atoms with Gasteiger partial charge in [0.05, 0.1) is 0 Å². The van der Waals surface area contributed by atoms with Gasteiger partial charge in [0.15, 0.2) is 0 Å². The lowest BCUT2D eigenvalue weighted by Crippen LogP contribution is -2.23. The number of para-hydroxylation sites is 1. The minimum atomic E-state index is 0.112. The molecule has 1 aliphatic heterocycles. The fraction of sp³-hybridized carbons (Fsp3) is 0.130. The summed E-state index contributed by atoms with van der Waals surface area (Å²) in [5, 5.41) is 0. The molecular formula is C23H20OS. The molecule has 0 fully saturated rings. The van der Waals surface area contributed by atoms with Gasteiger partial charge in [-0.1, -0.05) is 85.1 Å². The van der Waals surface area contributed by atoms with E-state index in [1.807, 2.05) is 18.2 Å². The van der Waals surface area contributed by atoms with Gasteiger partial charge in [0.1, 0.15) is 11.2 Å². The van der Waals surface area contributed by atoms with Crippen LogP contribution < -0.4 is 4.74 Å². The van der Waals surface area contributed by atoms with Crippen molar-refractivity contribution in [2.45, 2.75) is 22.7 Å². The third-order valence-corrected chi connectivity index (χ3v) is 5.66. The summed E-state index contributed by atoms with van der Waals surface area (Å²) in [7, 11) is 0. The van der Waals surface area contributed by atoms with Crippen molar-refractivity contribution in [1.82, 2.24) is 0 Å². The first-order chi connectivity index (χ1) is 12.3. The average molecular weight is 344 g/mol. The zero-order valence-electron chi connectivity index (χ0n) is 14.0. The topological polar surface area (TPSA) is 9.23 Å². The fourth-order valence-corrected chi connectivity index (χ4v) is 4.35. The minimum Gasteiger partial charge on any atom is -0.479 e. The van der Waals surface area contributed by atoms with Crippen molar-refractivity contribution in [3.8, 4) is 5.75 Å². The maximum absolute atomic E-state index is 6.28. The summed E-state index contributed by atoms with van der Waals surface area (Å²) in [6.45, 7) is 3.84. The standard InChI is InChI=1S/C23H20OS/c1-2-17-12-14-18(15-13-17)21-16-23(25-19-8-4-3-5-9-19)24-22-11-7-6-10-20(21)22/h2-15,21,23H,1,16H2/t21-,23-/m0/s1. The molecule has 0 radical (unpaired) electrons. The summed E-state index contributed by atoms with van der Waals surface area (Å²) in [6, 6.07) is 27.6. The molecule has 4 rings (SSSR count). The summed E-state index contributed by atoms with van der Waals surface area (Å²) < 4.78 is 6.28. The molecule has 0 aliphatic carbocycles. The van der Waals surface area contributed by atoms with Crippen LogP contribution in [0, 0.1) is 0 Å². The molecule has 3 aromatic rings. The Morgan fingerprint density at radius 3 is 2.36 bits per heavy atom. The first kappa shape index (κ1) is 16.0. The van der Waals surface area contributed by atoms with E-state index in [2.05, 4.69) is 73.3 Å². The number of fused-ring (bicyclic) bond motifs is 1. The highest BCUT2D eigenvalue weighted by molar-refractivity contribution is 7.99. The van der Waals surface area contributed by atoms with E-state index in [1.165, 1.54) is 16.0 Å². The Balaban J connectivity index is 1.65. The summed E-state index contributed by atoms with van der Waals surface area (Å²) in [5.74, 6) is 1.35. The smallest absolute Gasteiger partial charge is 0.149 e. The molecule has 0 N–H and O–H groups in total. The van der Waals surface area contributed by atoms with Gasteiger partial charge >= 0.3 is 0 Å². The van der Waals surface area contributed by atoms with E-state index >= 15 is 0 Å². The molecule has 0 amide bonds. The summed E-state index contributed by atoms with van der Waals surface area (Å²) >= 11 is 1.80. The SMILES string of the molecule is C=Cc1ccc([C@@H]2C[C@H](Sc3ccccc3)Oc3ccccc32)cc1. The number of hydrogen-bond donors (Lipinski definition) is 0. The predicted molar refractivity (Wildman–Crippen MR) is 106 cm³/mol. The van der Waals surface area contributed by atoms with E-state index in [-0.39, 0.29) is 5.44 Å². The largest absolute Gasteiger partial charge is 0.479 e. The van der Waals surface area contributed by atoms with Gasteiger partial charge in [0, 0.05) is 22.8 Å². The van der Waals surface area contributed by atoms with Crippen LogP contribution in [0.2, 0.25) is 0 Å². The predicted octanol–water partition coefficient (Wildman–Crippen LogP) is 6.36. The molecule has 0 saturated heterocycles. The molecule has 25 heavy (non-hydrogen) atoms. The first-order valence-corrected chi connectivity index (χ1v) is 9.41. The number of ether oxygens (including phenoxy) is 1. The molecule has 0 saturated carbocycles. The van der Waals surface area contributed by atoms with Crippen molar-refractivity contribution in [1.29, 1.82) is 0 Å². The van der Waals surface area contributed by atoms with Crippen molar-refractivity contribution in [2.75, 3.05) is 0 Å². The van der Waals surface area contributed by atoms with Gasteiger partial charge in [0.25, 0.3) is 0 Å². The number of rotatable bonds is 4. The molecule has 1 aliphatic rings. The zero-order valence-corrected chi connectivity index (χ0v) is 14.8. The number of thioether (sulfide) groups is 1. The van der Waals surface area contributed by atoms with Crippen LogP contribution in [-0.2, 0) is 0 Å². The zero-order chi connectivity index (χ0) is 17.1. The van der Waals surface area contributed by atoms with Crippen LogP contribution in [-0.4, -0.2) is 5.44 Å². The molecule has 2 atom stereocenters. The lowest BCUT2D eigenvalue weighted by atomic mass is 9.86. The maximum Gasteiger partial charge on any atom is 0.149 e. The normalized spacial score (nSPS) is 18.9. The number of benzene rings is 3. The maximum atomic E-state index is 6.28. The lowest BCUT2D eigenvalue weighted by Gasteiger charge is -2.32. The number of hydrogen-bond acceptors (Lipinski definition) is 2. The Labute approximate surface area is 153 Å². The van der Waals surface area contributed by atoms with Crippen molar-refractivity contribution in [3.05, 3.63) is 102 Å². The monoisotopic (exact) mass is 344 g/mol. The highest BCUT2D eigenvalue weighted by Gasteiger charge is 2.29. The average Bonchev–Trinajstić information content (AvgIpc) is 2.68. The highest BCUT2D eigenvalue weighted by atomic mass is 32.2. The lowest BCUT2D eigenvalue weighted by molar-refractivity contribution is 0.245. The quantitative estimate of drug-likeness (QED) is 0.544. The Hall–Kier alpha value is -2.45. The van der Waals surface area contributed by atoms with Gasteiger partial charge in [-0.3, -0.25) is 0 Å². The molecule has 0 bridgehead atoms. The third kappa shape index (κ3) is 3.49. The molecule has 1 heterocycles. The Kier molecular flexibility index (Phi) is 4.62. The van der Waals surface area contributed by atoms with Crippen molar-refractivity contribution in [3.63, 3.8) is 0 Å². The van der Waals surface area contributed by atoms with E-state index in [1.54, 1.807) is 11.8 Å². The van der Waals surface area contributed by atoms with Gasteiger partial charge in [-0.15, -0.1) is 0 Å². The third-order valence-electron chi connectivity index (χ3n) is 4.57. The second-order valence-electron chi connectivity index (χ2n) is 6.18. The Morgan fingerprint density at radius 1 is 0.880 bits per heavy atom. The van der Waals surface area contributed by atoms with Crippen molar-refractivity contribution >= 4 is 17.8 Å². The van der Waals surface area contributed by atoms with Crippen LogP contribution in [0.1, 0.15) is 29.0 Å². The first-order valence-electron chi connectivity index (χ1n) is 8.53. The van der Waals surface area contributed by atoms with E-state index in [0.29, 0.717) is 5.92 Å². The Morgan fingerprint density at radius 2 is 1.60 bits per heavy atom. The van der Waals surface area contributed by atoms with E-state index in [9.17, 15) is 0 Å². The van der Waals surface area contributed by atoms with Gasteiger partial charge in [-0.05, 0) is 29.3 Å². The van der Waals surface area contributed by atoms with E-state index in [4.69, 9.17) is 4.74 Å². The molecule has 2 heteroatoms. The minimum absolute atomic E-state index is 0.112. The summed E-state index contributed by atoms with van der Waals surface area (Å²) in [6.07, 6.45) is 2.85. The van der Waals surface area contributed by atoms with Gasteiger partial charge in [-0.2, -0.15) is 0 Å². The molecule has 124 valence electrons. The van der Waals surface area contributed by atoms with E-state index in [0.717, 1.165) is 17.7 Å². The van der Waals surface area contributed by atoms with Crippen LogP contribution in [0.25, 0.3) is 6.08 Å². The van der Waals surface area contributed by atoms with Crippen LogP contribution in [0.15, 0.2) is 90.3 Å². The molecule has 1 nitrogen and oxygen atoms in total. The van der Waals surface area contributed by atoms with Gasteiger partial charge in [-0.25, -0.2) is 0 Å². The van der Waals surface area contributed by atoms with Crippen LogP contribution >= 0.6 is 11.8 Å². The highest BCUT2D eigenvalue weighted by Crippen LogP contribution is 2.44. The molecular weight excluding hydrogens is 324 g/mol. The van der Waals surface area contributed by atoms with Crippen LogP contribution in [0.4, 0.5) is 0 Å². The van der Waals surface area contributed by atoms with Crippen molar-refractivity contribution in [2.24, 2.45) is 0 Å². The molecule has 3 aromatic carbocycles. The second kappa shape index (κ2) is 7.20. The van der Waals surface area contributed by atoms with Crippen LogP contribution in [0.5, 0.6) is 5.75 Å². The van der Waals surface area contributed by atoms with Crippen molar-refractivity contribution < 1.29 is 4.74 Å². The molecule has 0 spiro atoms. The van der Waals surface area contributed by atoms with Crippen LogP contribution in [0.3, 0.4) is 0 Å². The molecule has 0 unspecified atom stereocenters. The van der Waals surface area contributed by atoms with Gasteiger partial charge in [0.2, 0.25) is 0 Å².